The summed E-state index contributed by atoms with van der Waals surface area (Å²) < 4.78 is 28.8. The second-order valence-electron chi connectivity index (χ2n) is 6.32. The summed E-state index contributed by atoms with van der Waals surface area (Å²) in [5, 5.41) is 0.767. The molecule has 5 heteroatoms. The lowest BCUT2D eigenvalue weighted by Gasteiger charge is -2.29. The van der Waals surface area contributed by atoms with Gasteiger partial charge in [-0.3, -0.25) is 4.79 Å². The Labute approximate surface area is 141 Å². The minimum Gasteiger partial charge on any atom is -0.343 e. The summed E-state index contributed by atoms with van der Waals surface area (Å²) in [6.45, 7) is 5.05. The van der Waals surface area contributed by atoms with Gasteiger partial charge in [0.2, 0.25) is 5.91 Å². The number of likely N-dealkylation sites (N-methyl/N-ethyl adjacent to an activating group) is 1. The molecule has 1 aromatic heterocycles. The Morgan fingerprint density at radius 2 is 2.08 bits per heavy atom. The number of aromatic nitrogens is 1. The highest BCUT2D eigenvalue weighted by molar-refractivity contribution is 5.94. The van der Waals surface area contributed by atoms with Crippen LogP contribution in [-0.4, -0.2) is 35.1 Å². The van der Waals surface area contributed by atoms with Gasteiger partial charge >= 0.3 is 0 Å². The average molecular weight is 333 g/mol. The van der Waals surface area contributed by atoms with Gasteiger partial charge < -0.3 is 9.47 Å². The van der Waals surface area contributed by atoms with Crippen molar-refractivity contribution in [2.45, 2.75) is 45.6 Å². The van der Waals surface area contributed by atoms with E-state index in [9.17, 15) is 13.6 Å². The number of alkyl halides is 1. The van der Waals surface area contributed by atoms with E-state index in [1.807, 2.05) is 23.3 Å². The number of rotatable bonds is 5. The fourth-order valence-corrected chi connectivity index (χ4v) is 4.02. The molecular formula is C19H24F2N2O. The van der Waals surface area contributed by atoms with Gasteiger partial charge in [-0.25, -0.2) is 8.78 Å². The van der Waals surface area contributed by atoms with Crippen LogP contribution in [0.15, 0.2) is 18.2 Å². The van der Waals surface area contributed by atoms with Gasteiger partial charge in [0, 0.05) is 29.7 Å². The van der Waals surface area contributed by atoms with Crippen LogP contribution in [0.2, 0.25) is 0 Å². The molecule has 0 saturated heterocycles. The Morgan fingerprint density at radius 3 is 2.75 bits per heavy atom. The standard InChI is InChI=1S/C19H24F2N2O/c1-3-22(4-2)19(24)14-6-5-7-17-18(14)15-12-13(21)8-9-16(15)23(17)11-10-20/h8-9,12,14H,3-7,10-11H2,1-2H3/i20-1. The Balaban J connectivity index is 2.18. The van der Waals surface area contributed by atoms with Crippen LogP contribution in [0, 0.1) is 5.82 Å². The molecule has 24 heavy (non-hydrogen) atoms. The highest BCUT2D eigenvalue weighted by Gasteiger charge is 2.33. The normalized spacial score (nSPS) is 17.1. The predicted molar refractivity (Wildman–Crippen MR) is 91.5 cm³/mol. The second-order valence-corrected chi connectivity index (χ2v) is 6.32. The number of fused-ring (bicyclic) bond motifs is 3. The fraction of sp³-hybridized carbons (Fsp3) is 0.526. The molecule has 1 aliphatic rings. The number of hydrogen-bond donors (Lipinski definition) is 0. The summed E-state index contributed by atoms with van der Waals surface area (Å²) in [6, 6.07) is 4.61. The largest absolute Gasteiger partial charge is 0.343 e. The molecule has 1 aromatic carbocycles. The third-order valence-electron chi connectivity index (χ3n) is 5.11. The first-order valence-electron chi connectivity index (χ1n) is 8.77. The highest BCUT2D eigenvalue weighted by Crippen LogP contribution is 2.40. The Hall–Kier alpha value is -1.91. The smallest absolute Gasteiger partial charge is 0.230 e. The number of aryl methyl sites for hydroxylation is 1. The Bertz CT molecular complexity index is 749. The summed E-state index contributed by atoms with van der Waals surface area (Å²) in [7, 11) is 0. The van der Waals surface area contributed by atoms with E-state index in [4.69, 9.17) is 0 Å². The van der Waals surface area contributed by atoms with Crippen molar-refractivity contribution >= 4 is 16.8 Å². The maximum Gasteiger partial charge on any atom is 0.230 e. The van der Waals surface area contributed by atoms with E-state index < -0.39 is 6.67 Å². The monoisotopic (exact) mass is 333 g/mol. The lowest BCUT2D eigenvalue weighted by atomic mass is 9.84. The number of carbonyl (C=O) groups excluding carboxylic acids is 1. The lowest BCUT2D eigenvalue weighted by molar-refractivity contribution is -0.132. The quantitative estimate of drug-likeness (QED) is 0.811. The van der Waals surface area contributed by atoms with Gasteiger partial charge in [0.25, 0.3) is 0 Å². The predicted octanol–water partition coefficient (Wildman–Crippen LogP) is 4.04. The van der Waals surface area contributed by atoms with E-state index >= 15 is 0 Å². The van der Waals surface area contributed by atoms with Gasteiger partial charge in [0.1, 0.15) is 12.5 Å². The van der Waals surface area contributed by atoms with Crippen molar-refractivity contribution in [3.8, 4) is 0 Å². The first-order chi connectivity index (χ1) is 11.6. The van der Waals surface area contributed by atoms with Crippen LogP contribution in [0.5, 0.6) is 0 Å². The number of nitrogens with zero attached hydrogens (tertiary/aromatic N) is 2. The van der Waals surface area contributed by atoms with Gasteiger partial charge in [0.15, 0.2) is 0 Å². The molecule has 0 bridgehead atoms. The van der Waals surface area contributed by atoms with Crippen LogP contribution in [0.1, 0.15) is 43.9 Å². The molecular weight excluding hydrogens is 309 g/mol. The summed E-state index contributed by atoms with van der Waals surface area (Å²) >= 11 is 0. The van der Waals surface area contributed by atoms with Crippen molar-refractivity contribution in [1.29, 1.82) is 0 Å². The maximum absolute atomic E-state index is 13.8. The summed E-state index contributed by atoms with van der Waals surface area (Å²) in [4.78, 5) is 14.8. The van der Waals surface area contributed by atoms with Crippen LogP contribution in [0.4, 0.5) is 8.78 Å². The SMILES string of the molecule is CCN(CC)C(=O)C1CCCc2c1c1cc(F)ccc1n2CC[18F]. The molecule has 1 heterocycles. The first-order valence-corrected chi connectivity index (χ1v) is 8.77. The topological polar surface area (TPSA) is 25.2 Å². The second kappa shape index (κ2) is 6.91. The zero-order valence-electron chi connectivity index (χ0n) is 14.3. The molecule has 3 nitrogen and oxygen atoms in total. The molecule has 0 saturated carbocycles. The van der Waals surface area contributed by atoms with Gasteiger partial charge in [0.05, 0.1) is 12.5 Å². The van der Waals surface area contributed by atoms with E-state index in [1.165, 1.54) is 12.1 Å². The number of benzene rings is 1. The third kappa shape index (κ3) is 2.70. The van der Waals surface area contributed by atoms with Crippen LogP contribution >= 0.6 is 0 Å². The van der Waals surface area contributed by atoms with Crippen molar-refractivity contribution in [3.05, 3.63) is 35.3 Å². The molecule has 0 spiro atoms. The van der Waals surface area contributed by atoms with Crippen LogP contribution in [-0.2, 0) is 17.8 Å². The zero-order chi connectivity index (χ0) is 17.3. The van der Waals surface area contributed by atoms with Crippen molar-refractivity contribution < 1.29 is 13.6 Å². The van der Waals surface area contributed by atoms with Gasteiger partial charge in [-0.05, 0) is 56.9 Å². The van der Waals surface area contributed by atoms with Crippen molar-refractivity contribution in [1.82, 2.24) is 9.47 Å². The number of halogens is 2. The molecule has 2 aromatic rings. The summed E-state index contributed by atoms with van der Waals surface area (Å²) in [5.74, 6) is -0.467. The van der Waals surface area contributed by atoms with Crippen LogP contribution < -0.4 is 0 Å². The van der Waals surface area contributed by atoms with Crippen molar-refractivity contribution in [2.75, 3.05) is 19.8 Å². The van der Waals surface area contributed by atoms with E-state index in [1.54, 1.807) is 6.07 Å². The molecule has 1 amide bonds. The molecule has 1 aliphatic carbocycles. The molecule has 0 fully saturated rings. The van der Waals surface area contributed by atoms with Gasteiger partial charge in [-0.2, -0.15) is 0 Å². The maximum atomic E-state index is 13.8. The fourth-order valence-electron chi connectivity index (χ4n) is 4.02. The molecule has 3 rings (SSSR count). The zero-order valence-corrected chi connectivity index (χ0v) is 14.3. The molecule has 130 valence electrons. The Morgan fingerprint density at radius 1 is 1.33 bits per heavy atom. The first kappa shape index (κ1) is 16.9. The minimum atomic E-state index is -0.470. The number of carbonyl (C=O) groups is 1. The highest BCUT2D eigenvalue weighted by atomic mass is 19.1. The van der Waals surface area contributed by atoms with Crippen LogP contribution in [0.25, 0.3) is 10.9 Å². The third-order valence-corrected chi connectivity index (χ3v) is 5.11. The van der Waals surface area contributed by atoms with Gasteiger partial charge in [-0.1, -0.05) is 0 Å². The summed E-state index contributed by atoms with van der Waals surface area (Å²) in [6.07, 6.45) is 2.48. The summed E-state index contributed by atoms with van der Waals surface area (Å²) in [5.41, 5.74) is 2.75. The van der Waals surface area contributed by atoms with E-state index in [-0.39, 0.29) is 24.2 Å². The molecule has 0 N–H and O–H groups in total. The van der Waals surface area contributed by atoms with Crippen molar-refractivity contribution in [3.63, 3.8) is 0 Å². The van der Waals surface area contributed by atoms with E-state index in [0.717, 1.165) is 41.4 Å². The molecule has 1 atom stereocenters. The minimum absolute atomic E-state index is 0.101. The van der Waals surface area contributed by atoms with E-state index in [0.29, 0.717) is 13.1 Å². The lowest BCUT2D eigenvalue weighted by Crippen LogP contribution is -2.36. The molecule has 0 radical (unpaired) electrons. The molecule has 1 unspecified atom stereocenters. The number of amides is 1. The average Bonchev–Trinajstić information content (AvgIpc) is 2.90. The van der Waals surface area contributed by atoms with E-state index in [2.05, 4.69) is 0 Å². The Kier molecular flexibility index (Phi) is 4.88. The number of hydrogen-bond acceptors (Lipinski definition) is 1. The van der Waals surface area contributed by atoms with Crippen LogP contribution in [0.3, 0.4) is 0 Å². The molecule has 0 aliphatic heterocycles. The van der Waals surface area contributed by atoms with Crippen molar-refractivity contribution in [2.24, 2.45) is 0 Å². The van der Waals surface area contributed by atoms with Gasteiger partial charge in [-0.15, -0.1) is 0 Å².